The Balaban J connectivity index is 2.55. The van der Waals surface area contributed by atoms with E-state index in [1.165, 1.54) is 0 Å². The van der Waals surface area contributed by atoms with Gasteiger partial charge in [0, 0.05) is 0 Å². The van der Waals surface area contributed by atoms with Crippen LogP contribution in [0.15, 0.2) is 0 Å². The van der Waals surface area contributed by atoms with Crippen molar-refractivity contribution in [2.24, 2.45) is 0 Å². The quantitative estimate of drug-likeness (QED) is 0.697. The number of ether oxygens (including phenoxy) is 2. The summed E-state index contributed by atoms with van der Waals surface area (Å²) in [6, 6.07) is 0. The molecule has 0 aromatic rings. The third-order valence-corrected chi connectivity index (χ3v) is 5.40. The molecule has 0 spiro atoms. The van der Waals surface area contributed by atoms with Crippen LogP contribution in [0.25, 0.3) is 0 Å². The molecule has 1 fully saturated rings. The van der Waals surface area contributed by atoms with Gasteiger partial charge in [-0.3, -0.25) is 0 Å². The first-order valence-electron chi connectivity index (χ1n) is 6.32. The fourth-order valence-electron chi connectivity index (χ4n) is 1.84. The Morgan fingerprint density at radius 1 is 1.22 bits per heavy atom. The zero-order valence-corrected chi connectivity index (χ0v) is 13.1. The Hall–Kier alpha value is 0.540. The first-order chi connectivity index (χ1) is 8.41. The molecule has 1 heterocycles. The first kappa shape index (κ1) is 16.6. The molecule has 0 radical (unpaired) electrons. The number of aliphatic hydroxyl groups excluding tert-OH is 2. The highest BCUT2D eigenvalue weighted by Gasteiger charge is 2.41. The molecular weight excluding hydrogens is 272 g/mol. The number of rotatable bonds is 7. The van der Waals surface area contributed by atoms with Crippen LogP contribution in [0.2, 0.25) is 0 Å². The standard InChI is InChI=1S/C12H24O4S2/c1-5-17-11(18-6-2)10(14)9(13)8-7-15-12(3,4)16-8/h8-11,13-14H,5-7H2,1-4H3/t8-,9+,10+/m1/s1. The molecule has 0 saturated carbocycles. The molecule has 3 atom stereocenters. The van der Waals surface area contributed by atoms with Crippen LogP contribution in [0.3, 0.4) is 0 Å². The number of hydrogen-bond acceptors (Lipinski definition) is 6. The van der Waals surface area contributed by atoms with E-state index in [0.29, 0.717) is 6.61 Å². The maximum atomic E-state index is 10.2. The van der Waals surface area contributed by atoms with Gasteiger partial charge in [-0.1, -0.05) is 13.8 Å². The Bertz CT molecular complexity index is 238. The molecule has 0 amide bonds. The molecule has 108 valence electrons. The lowest BCUT2D eigenvalue weighted by Gasteiger charge is -2.28. The lowest BCUT2D eigenvalue weighted by molar-refractivity contribution is -0.159. The summed E-state index contributed by atoms with van der Waals surface area (Å²) in [6.45, 7) is 8.04. The van der Waals surface area contributed by atoms with Crippen LogP contribution in [-0.2, 0) is 9.47 Å². The Morgan fingerprint density at radius 3 is 2.17 bits per heavy atom. The maximum Gasteiger partial charge on any atom is 0.163 e. The second-order valence-corrected chi connectivity index (χ2v) is 7.76. The second kappa shape index (κ2) is 7.36. The highest BCUT2D eigenvalue weighted by atomic mass is 32.2. The van der Waals surface area contributed by atoms with Gasteiger partial charge in [0.25, 0.3) is 0 Å². The van der Waals surface area contributed by atoms with Crippen molar-refractivity contribution in [3.05, 3.63) is 0 Å². The van der Waals surface area contributed by atoms with Crippen molar-refractivity contribution >= 4 is 23.5 Å². The van der Waals surface area contributed by atoms with Gasteiger partial charge in [-0.15, -0.1) is 23.5 Å². The molecule has 1 aliphatic heterocycles. The van der Waals surface area contributed by atoms with E-state index in [0.717, 1.165) is 11.5 Å². The predicted octanol–water partition coefficient (Wildman–Crippen LogP) is 1.69. The van der Waals surface area contributed by atoms with Gasteiger partial charge in [0.1, 0.15) is 18.3 Å². The minimum atomic E-state index is -0.908. The third-order valence-electron chi connectivity index (χ3n) is 2.70. The van der Waals surface area contributed by atoms with E-state index in [2.05, 4.69) is 0 Å². The zero-order chi connectivity index (χ0) is 13.8. The lowest BCUT2D eigenvalue weighted by atomic mass is 10.1. The smallest absolute Gasteiger partial charge is 0.163 e. The molecule has 1 rings (SSSR count). The summed E-state index contributed by atoms with van der Waals surface area (Å²) in [5.41, 5.74) is 0. The molecule has 4 nitrogen and oxygen atoms in total. The predicted molar refractivity (Wildman–Crippen MR) is 77.0 cm³/mol. The van der Waals surface area contributed by atoms with Crippen molar-refractivity contribution in [3.63, 3.8) is 0 Å². The lowest BCUT2D eigenvalue weighted by Crippen LogP contribution is -2.44. The van der Waals surface area contributed by atoms with Crippen molar-refractivity contribution in [3.8, 4) is 0 Å². The maximum absolute atomic E-state index is 10.2. The monoisotopic (exact) mass is 296 g/mol. The minimum Gasteiger partial charge on any atom is -0.388 e. The summed E-state index contributed by atoms with van der Waals surface area (Å²) >= 11 is 3.31. The van der Waals surface area contributed by atoms with Gasteiger partial charge < -0.3 is 19.7 Å². The highest BCUT2D eigenvalue weighted by molar-refractivity contribution is 8.17. The molecule has 0 unspecified atom stereocenters. The van der Waals surface area contributed by atoms with Gasteiger partial charge in [-0.05, 0) is 25.4 Å². The van der Waals surface area contributed by atoms with E-state index >= 15 is 0 Å². The molecule has 0 aliphatic carbocycles. The van der Waals surface area contributed by atoms with Crippen LogP contribution in [0.4, 0.5) is 0 Å². The van der Waals surface area contributed by atoms with Crippen molar-refractivity contribution in [2.45, 2.75) is 56.4 Å². The van der Waals surface area contributed by atoms with Crippen LogP contribution in [-0.4, -0.2) is 57.0 Å². The summed E-state index contributed by atoms with van der Waals surface area (Å²) in [5, 5.41) is 20.4. The zero-order valence-electron chi connectivity index (χ0n) is 11.5. The summed E-state index contributed by atoms with van der Waals surface area (Å²) in [4.78, 5) is 0. The van der Waals surface area contributed by atoms with Gasteiger partial charge in [0.15, 0.2) is 5.79 Å². The van der Waals surface area contributed by atoms with Gasteiger partial charge >= 0.3 is 0 Å². The molecule has 6 heteroatoms. The largest absolute Gasteiger partial charge is 0.388 e. The van der Waals surface area contributed by atoms with Crippen LogP contribution >= 0.6 is 23.5 Å². The Kier molecular flexibility index (Phi) is 6.78. The minimum absolute atomic E-state index is 0.0256. The van der Waals surface area contributed by atoms with Gasteiger partial charge in [-0.2, -0.15) is 0 Å². The molecule has 0 aromatic carbocycles. The Morgan fingerprint density at radius 2 is 1.78 bits per heavy atom. The fourth-order valence-corrected chi connectivity index (χ4v) is 4.41. The van der Waals surface area contributed by atoms with E-state index in [-0.39, 0.29) is 4.58 Å². The number of hydrogen-bond donors (Lipinski definition) is 2. The highest BCUT2D eigenvalue weighted by Crippen LogP contribution is 2.32. The van der Waals surface area contributed by atoms with Crippen molar-refractivity contribution < 1.29 is 19.7 Å². The molecule has 0 bridgehead atoms. The van der Waals surface area contributed by atoms with Crippen LogP contribution in [0.1, 0.15) is 27.7 Å². The fraction of sp³-hybridized carbons (Fsp3) is 1.00. The SMILES string of the molecule is CCSC(SCC)[C@@H](O)[C@@H](O)[C@H]1COC(C)(C)O1. The van der Waals surface area contributed by atoms with Gasteiger partial charge in [0.2, 0.25) is 0 Å². The van der Waals surface area contributed by atoms with Crippen LogP contribution < -0.4 is 0 Å². The molecule has 1 saturated heterocycles. The molecule has 0 aromatic heterocycles. The van der Waals surface area contributed by atoms with E-state index in [9.17, 15) is 10.2 Å². The molecule has 1 aliphatic rings. The normalized spacial score (nSPS) is 26.5. The summed E-state index contributed by atoms with van der Waals surface area (Å²) < 4.78 is 11.0. The van der Waals surface area contributed by atoms with Gasteiger partial charge in [0.05, 0.1) is 11.2 Å². The van der Waals surface area contributed by atoms with Crippen molar-refractivity contribution in [1.29, 1.82) is 0 Å². The van der Waals surface area contributed by atoms with Crippen LogP contribution in [0.5, 0.6) is 0 Å². The van der Waals surface area contributed by atoms with Gasteiger partial charge in [-0.25, -0.2) is 0 Å². The van der Waals surface area contributed by atoms with E-state index in [1.807, 2.05) is 27.7 Å². The van der Waals surface area contributed by atoms with E-state index < -0.39 is 24.1 Å². The Labute approximate surface area is 118 Å². The summed E-state index contributed by atoms with van der Waals surface area (Å²) in [5.74, 6) is 1.15. The first-order valence-corrected chi connectivity index (χ1v) is 8.42. The summed E-state index contributed by atoms with van der Waals surface area (Å²) in [6.07, 6.45) is -2.16. The number of thioether (sulfide) groups is 2. The van der Waals surface area contributed by atoms with Crippen molar-refractivity contribution in [1.82, 2.24) is 0 Å². The average molecular weight is 296 g/mol. The average Bonchev–Trinajstić information content (AvgIpc) is 2.67. The van der Waals surface area contributed by atoms with E-state index in [4.69, 9.17) is 9.47 Å². The topological polar surface area (TPSA) is 58.9 Å². The van der Waals surface area contributed by atoms with E-state index in [1.54, 1.807) is 23.5 Å². The molecular formula is C12H24O4S2. The summed E-state index contributed by atoms with van der Waals surface area (Å²) in [7, 11) is 0. The molecule has 2 N–H and O–H groups in total. The molecule has 18 heavy (non-hydrogen) atoms. The third kappa shape index (κ3) is 4.58. The van der Waals surface area contributed by atoms with Crippen LogP contribution in [0, 0.1) is 0 Å². The second-order valence-electron chi connectivity index (χ2n) is 4.63. The number of aliphatic hydroxyl groups is 2. The van der Waals surface area contributed by atoms with Crippen molar-refractivity contribution in [2.75, 3.05) is 18.1 Å².